The molecule has 84 valence electrons. The van der Waals surface area contributed by atoms with Gasteiger partial charge in [-0.3, -0.25) is 4.79 Å². The van der Waals surface area contributed by atoms with Gasteiger partial charge < -0.3 is 9.80 Å². The van der Waals surface area contributed by atoms with Crippen molar-refractivity contribution in [2.45, 2.75) is 6.04 Å². The second kappa shape index (κ2) is 3.57. The van der Waals surface area contributed by atoms with E-state index in [9.17, 15) is 4.79 Å². The standard InChI is InChI=1S/C12H13BrN2O/c1-14-4-5-15-11(7-14)9-3-2-8(13)6-10(9)12(15)16/h2-3,6,11H,4-5,7H2,1H3. The number of nitrogens with zero attached hydrogens (tertiary/aromatic N) is 2. The van der Waals surface area contributed by atoms with Gasteiger partial charge in [0.15, 0.2) is 0 Å². The molecule has 1 amide bonds. The molecule has 1 atom stereocenters. The first kappa shape index (κ1) is 10.3. The van der Waals surface area contributed by atoms with Crippen LogP contribution in [0.1, 0.15) is 22.0 Å². The maximum atomic E-state index is 12.2. The first-order chi connectivity index (χ1) is 7.66. The van der Waals surface area contributed by atoms with Crippen LogP contribution in [-0.2, 0) is 0 Å². The lowest BCUT2D eigenvalue weighted by molar-refractivity contribution is 0.0570. The molecule has 3 rings (SSSR count). The summed E-state index contributed by atoms with van der Waals surface area (Å²) in [5.41, 5.74) is 2.05. The molecular weight excluding hydrogens is 268 g/mol. The molecule has 1 unspecified atom stereocenters. The number of amides is 1. The molecule has 16 heavy (non-hydrogen) atoms. The fourth-order valence-corrected chi connectivity index (χ4v) is 2.95. The van der Waals surface area contributed by atoms with Crippen molar-refractivity contribution in [1.29, 1.82) is 0 Å². The van der Waals surface area contributed by atoms with Gasteiger partial charge in [0.1, 0.15) is 0 Å². The Balaban J connectivity index is 2.07. The number of hydrogen-bond acceptors (Lipinski definition) is 2. The molecule has 2 aliphatic rings. The summed E-state index contributed by atoms with van der Waals surface area (Å²) in [5, 5.41) is 0. The van der Waals surface area contributed by atoms with Crippen molar-refractivity contribution in [3.63, 3.8) is 0 Å². The largest absolute Gasteiger partial charge is 0.329 e. The molecule has 0 N–H and O–H groups in total. The van der Waals surface area contributed by atoms with Crippen LogP contribution >= 0.6 is 15.9 Å². The van der Waals surface area contributed by atoms with E-state index in [1.54, 1.807) is 0 Å². The summed E-state index contributed by atoms with van der Waals surface area (Å²) in [6.07, 6.45) is 0. The summed E-state index contributed by atoms with van der Waals surface area (Å²) in [6, 6.07) is 6.29. The first-order valence-corrected chi connectivity index (χ1v) is 6.25. The number of likely N-dealkylation sites (N-methyl/N-ethyl adjacent to an activating group) is 1. The van der Waals surface area contributed by atoms with Crippen LogP contribution in [0.25, 0.3) is 0 Å². The Labute approximate surface area is 103 Å². The fraction of sp³-hybridized carbons (Fsp3) is 0.417. The SMILES string of the molecule is CN1CCN2C(=O)c3cc(Br)ccc3C2C1. The van der Waals surface area contributed by atoms with E-state index in [2.05, 4.69) is 33.9 Å². The third kappa shape index (κ3) is 1.40. The summed E-state index contributed by atoms with van der Waals surface area (Å²) >= 11 is 3.42. The minimum absolute atomic E-state index is 0.189. The van der Waals surface area contributed by atoms with Crippen LogP contribution in [0.2, 0.25) is 0 Å². The van der Waals surface area contributed by atoms with E-state index >= 15 is 0 Å². The predicted molar refractivity (Wildman–Crippen MR) is 65.4 cm³/mol. The van der Waals surface area contributed by atoms with E-state index in [1.165, 1.54) is 5.56 Å². The summed E-state index contributed by atoms with van der Waals surface area (Å²) in [5.74, 6) is 0.189. The highest BCUT2D eigenvalue weighted by Gasteiger charge is 2.39. The van der Waals surface area contributed by atoms with Gasteiger partial charge in [0.25, 0.3) is 5.91 Å². The van der Waals surface area contributed by atoms with Gasteiger partial charge in [-0.1, -0.05) is 22.0 Å². The summed E-state index contributed by atoms with van der Waals surface area (Å²) in [6.45, 7) is 2.75. The zero-order valence-corrected chi connectivity index (χ0v) is 10.7. The number of carbonyl (C=O) groups is 1. The maximum Gasteiger partial charge on any atom is 0.254 e. The number of halogens is 1. The first-order valence-electron chi connectivity index (χ1n) is 5.46. The van der Waals surface area contributed by atoms with Crippen LogP contribution < -0.4 is 0 Å². The van der Waals surface area contributed by atoms with Crippen LogP contribution in [0.5, 0.6) is 0 Å². The van der Waals surface area contributed by atoms with Crippen molar-refractivity contribution in [3.8, 4) is 0 Å². The molecule has 2 heterocycles. The number of benzene rings is 1. The monoisotopic (exact) mass is 280 g/mol. The molecule has 0 radical (unpaired) electrons. The molecule has 1 saturated heterocycles. The topological polar surface area (TPSA) is 23.6 Å². The average Bonchev–Trinajstić information content (AvgIpc) is 2.52. The van der Waals surface area contributed by atoms with Crippen molar-refractivity contribution >= 4 is 21.8 Å². The Hall–Kier alpha value is -0.870. The van der Waals surface area contributed by atoms with Crippen LogP contribution in [0, 0.1) is 0 Å². The normalized spacial score (nSPS) is 24.5. The zero-order chi connectivity index (χ0) is 11.3. The molecule has 4 heteroatoms. The summed E-state index contributed by atoms with van der Waals surface area (Å²) < 4.78 is 0.979. The number of rotatable bonds is 0. The molecule has 1 aromatic rings. The predicted octanol–water partition coefficient (Wildman–Crippen LogP) is 1.89. The lowest BCUT2D eigenvalue weighted by atomic mass is 10.0. The van der Waals surface area contributed by atoms with Gasteiger partial charge in [-0.25, -0.2) is 0 Å². The van der Waals surface area contributed by atoms with E-state index in [0.29, 0.717) is 0 Å². The van der Waals surface area contributed by atoms with Crippen LogP contribution in [-0.4, -0.2) is 42.4 Å². The minimum Gasteiger partial charge on any atom is -0.329 e. The van der Waals surface area contributed by atoms with Gasteiger partial charge in [-0.05, 0) is 24.7 Å². The van der Waals surface area contributed by atoms with E-state index in [4.69, 9.17) is 0 Å². The number of carbonyl (C=O) groups excluding carboxylic acids is 1. The van der Waals surface area contributed by atoms with Crippen molar-refractivity contribution in [1.82, 2.24) is 9.80 Å². The van der Waals surface area contributed by atoms with Gasteiger partial charge >= 0.3 is 0 Å². The molecular formula is C12H13BrN2O. The molecule has 0 saturated carbocycles. The number of piperazine rings is 1. The quantitative estimate of drug-likeness (QED) is 0.725. The van der Waals surface area contributed by atoms with E-state index < -0.39 is 0 Å². The Bertz CT molecular complexity index is 460. The lowest BCUT2D eigenvalue weighted by Gasteiger charge is -2.35. The molecule has 1 fully saturated rings. The molecule has 0 bridgehead atoms. The van der Waals surface area contributed by atoms with Gasteiger partial charge in [0, 0.05) is 29.7 Å². The number of hydrogen-bond donors (Lipinski definition) is 0. The molecule has 0 spiro atoms. The Kier molecular flexibility index (Phi) is 2.30. The minimum atomic E-state index is 0.189. The van der Waals surface area contributed by atoms with Crippen molar-refractivity contribution in [2.24, 2.45) is 0 Å². The van der Waals surface area contributed by atoms with Crippen LogP contribution in [0.3, 0.4) is 0 Å². The Morgan fingerprint density at radius 3 is 3.00 bits per heavy atom. The zero-order valence-electron chi connectivity index (χ0n) is 9.11. The molecule has 3 nitrogen and oxygen atoms in total. The fourth-order valence-electron chi connectivity index (χ4n) is 2.59. The smallest absolute Gasteiger partial charge is 0.254 e. The van der Waals surface area contributed by atoms with Gasteiger partial charge in [0.05, 0.1) is 6.04 Å². The molecule has 2 aliphatic heterocycles. The molecule has 0 aromatic heterocycles. The highest BCUT2D eigenvalue weighted by Crippen LogP contribution is 2.36. The molecule has 1 aromatic carbocycles. The van der Waals surface area contributed by atoms with Gasteiger partial charge in [0.2, 0.25) is 0 Å². The maximum absolute atomic E-state index is 12.2. The Morgan fingerprint density at radius 2 is 2.19 bits per heavy atom. The van der Waals surface area contributed by atoms with Crippen LogP contribution in [0.15, 0.2) is 22.7 Å². The van der Waals surface area contributed by atoms with E-state index in [0.717, 1.165) is 29.7 Å². The van der Waals surface area contributed by atoms with E-state index in [-0.39, 0.29) is 11.9 Å². The Morgan fingerprint density at radius 1 is 1.38 bits per heavy atom. The molecule has 0 aliphatic carbocycles. The third-order valence-electron chi connectivity index (χ3n) is 3.45. The summed E-state index contributed by atoms with van der Waals surface area (Å²) in [7, 11) is 2.11. The lowest BCUT2D eigenvalue weighted by Crippen LogP contribution is -2.45. The van der Waals surface area contributed by atoms with E-state index in [1.807, 2.05) is 17.0 Å². The van der Waals surface area contributed by atoms with Crippen LogP contribution in [0.4, 0.5) is 0 Å². The van der Waals surface area contributed by atoms with Crippen molar-refractivity contribution in [2.75, 3.05) is 26.7 Å². The second-order valence-electron chi connectivity index (χ2n) is 4.51. The second-order valence-corrected chi connectivity index (χ2v) is 5.42. The van der Waals surface area contributed by atoms with Gasteiger partial charge in [-0.2, -0.15) is 0 Å². The summed E-state index contributed by atoms with van der Waals surface area (Å²) in [4.78, 5) is 16.5. The van der Waals surface area contributed by atoms with Crippen molar-refractivity contribution in [3.05, 3.63) is 33.8 Å². The average molecular weight is 281 g/mol. The van der Waals surface area contributed by atoms with Crippen molar-refractivity contribution < 1.29 is 4.79 Å². The third-order valence-corrected chi connectivity index (χ3v) is 3.94. The van der Waals surface area contributed by atoms with Gasteiger partial charge in [-0.15, -0.1) is 0 Å². The number of fused-ring (bicyclic) bond motifs is 3. The highest BCUT2D eigenvalue weighted by atomic mass is 79.9. The highest BCUT2D eigenvalue weighted by molar-refractivity contribution is 9.10.